The molecule has 3 rings (SSSR count). The van der Waals surface area contributed by atoms with Crippen LogP contribution in [0.1, 0.15) is 21.5 Å². The van der Waals surface area contributed by atoms with Crippen LogP contribution in [0.3, 0.4) is 0 Å². The summed E-state index contributed by atoms with van der Waals surface area (Å²) < 4.78 is 0. The van der Waals surface area contributed by atoms with Crippen LogP contribution in [0.4, 0.5) is 0 Å². The van der Waals surface area contributed by atoms with Gasteiger partial charge < -0.3 is 4.90 Å². The molecule has 122 valence electrons. The average molecular weight is 318 g/mol. The summed E-state index contributed by atoms with van der Waals surface area (Å²) in [6.45, 7) is 4.48. The second-order valence-corrected chi connectivity index (χ2v) is 6.20. The summed E-state index contributed by atoms with van der Waals surface area (Å²) in [5.74, 6) is 6.45. The molecule has 0 bridgehead atoms. The van der Waals surface area contributed by atoms with Gasteiger partial charge in [-0.2, -0.15) is 0 Å². The molecule has 0 radical (unpaired) electrons. The van der Waals surface area contributed by atoms with Crippen molar-refractivity contribution in [2.45, 2.75) is 0 Å². The Labute approximate surface area is 143 Å². The molecule has 1 aliphatic rings. The van der Waals surface area contributed by atoms with Crippen LogP contribution in [0.5, 0.6) is 0 Å². The summed E-state index contributed by atoms with van der Waals surface area (Å²) in [5.41, 5.74) is 2.68. The Kier molecular flexibility index (Phi) is 5.43. The third kappa shape index (κ3) is 4.55. The van der Waals surface area contributed by atoms with Crippen molar-refractivity contribution in [3.63, 3.8) is 0 Å². The van der Waals surface area contributed by atoms with Gasteiger partial charge in [-0.3, -0.25) is 9.69 Å². The molecule has 1 aliphatic heterocycles. The Balaban J connectivity index is 1.60. The zero-order valence-corrected chi connectivity index (χ0v) is 14.0. The monoisotopic (exact) mass is 318 g/mol. The van der Waals surface area contributed by atoms with Crippen molar-refractivity contribution in [1.29, 1.82) is 0 Å². The molecule has 0 N–H and O–H groups in total. The van der Waals surface area contributed by atoms with Gasteiger partial charge in [0.1, 0.15) is 0 Å². The molecule has 1 fully saturated rings. The predicted molar refractivity (Wildman–Crippen MR) is 97.1 cm³/mol. The second kappa shape index (κ2) is 7.92. The normalized spacial score (nSPS) is 15.5. The number of carbonyl (C=O) groups excluding carboxylic acids is 1. The van der Waals surface area contributed by atoms with Gasteiger partial charge in [-0.15, -0.1) is 0 Å². The topological polar surface area (TPSA) is 23.6 Å². The van der Waals surface area contributed by atoms with E-state index >= 15 is 0 Å². The molecule has 0 aliphatic carbocycles. The van der Waals surface area contributed by atoms with E-state index in [0.29, 0.717) is 6.54 Å². The van der Waals surface area contributed by atoms with Gasteiger partial charge in [0.05, 0.1) is 6.54 Å². The van der Waals surface area contributed by atoms with E-state index in [0.717, 1.165) is 42.9 Å². The SMILES string of the molecule is CN1CCN(CC(=O)c2ccc(C#Cc3ccccc3)cc2)CC1. The van der Waals surface area contributed by atoms with Gasteiger partial charge in [-0.25, -0.2) is 0 Å². The highest BCUT2D eigenvalue weighted by molar-refractivity contribution is 5.97. The molecule has 0 unspecified atom stereocenters. The van der Waals surface area contributed by atoms with Crippen LogP contribution in [-0.4, -0.2) is 55.4 Å². The van der Waals surface area contributed by atoms with Crippen LogP contribution in [0, 0.1) is 11.8 Å². The lowest BCUT2D eigenvalue weighted by Gasteiger charge is -2.31. The highest BCUT2D eigenvalue weighted by atomic mass is 16.1. The third-order valence-corrected chi connectivity index (χ3v) is 4.29. The van der Waals surface area contributed by atoms with E-state index in [1.807, 2.05) is 54.6 Å². The first-order chi connectivity index (χ1) is 11.7. The van der Waals surface area contributed by atoms with Crippen molar-refractivity contribution in [1.82, 2.24) is 9.80 Å². The largest absolute Gasteiger partial charge is 0.304 e. The second-order valence-electron chi connectivity index (χ2n) is 6.20. The minimum absolute atomic E-state index is 0.183. The van der Waals surface area contributed by atoms with E-state index in [4.69, 9.17) is 0 Å². The maximum absolute atomic E-state index is 12.4. The fourth-order valence-electron chi connectivity index (χ4n) is 2.71. The van der Waals surface area contributed by atoms with Crippen LogP contribution >= 0.6 is 0 Å². The maximum atomic E-state index is 12.4. The molecule has 24 heavy (non-hydrogen) atoms. The number of carbonyl (C=O) groups is 1. The summed E-state index contributed by atoms with van der Waals surface area (Å²) in [7, 11) is 2.12. The number of nitrogens with zero attached hydrogens (tertiary/aromatic N) is 2. The van der Waals surface area contributed by atoms with Crippen molar-refractivity contribution >= 4 is 5.78 Å². The van der Waals surface area contributed by atoms with Gasteiger partial charge in [0.25, 0.3) is 0 Å². The van der Waals surface area contributed by atoms with Crippen molar-refractivity contribution < 1.29 is 4.79 Å². The Morgan fingerprint density at radius 3 is 2.08 bits per heavy atom. The van der Waals surface area contributed by atoms with E-state index < -0.39 is 0 Å². The number of rotatable bonds is 3. The number of benzene rings is 2. The first-order valence-corrected chi connectivity index (χ1v) is 8.32. The fourth-order valence-corrected chi connectivity index (χ4v) is 2.71. The van der Waals surface area contributed by atoms with E-state index in [1.54, 1.807) is 0 Å². The minimum Gasteiger partial charge on any atom is -0.304 e. The molecule has 2 aromatic carbocycles. The van der Waals surface area contributed by atoms with Crippen LogP contribution in [-0.2, 0) is 0 Å². The summed E-state index contributed by atoms with van der Waals surface area (Å²) in [5, 5.41) is 0. The molecule has 1 heterocycles. The van der Waals surface area contributed by atoms with E-state index in [-0.39, 0.29) is 5.78 Å². The standard InChI is InChI=1S/C21H22N2O/c1-22-13-15-23(16-14-22)17-21(24)20-11-9-19(10-12-20)8-7-18-5-3-2-4-6-18/h2-6,9-12H,13-17H2,1H3. The predicted octanol–water partition coefficient (Wildman–Crippen LogP) is 2.52. The van der Waals surface area contributed by atoms with Crippen LogP contribution in [0.15, 0.2) is 54.6 Å². The first kappa shape index (κ1) is 16.4. The zero-order valence-electron chi connectivity index (χ0n) is 14.0. The molecular formula is C21H22N2O. The summed E-state index contributed by atoms with van der Waals surface area (Å²) in [4.78, 5) is 16.9. The lowest BCUT2D eigenvalue weighted by Crippen LogP contribution is -2.46. The number of likely N-dealkylation sites (N-methyl/N-ethyl adjacent to an activating group) is 1. The Hall–Kier alpha value is -2.41. The number of hydrogen-bond donors (Lipinski definition) is 0. The molecule has 0 amide bonds. The van der Waals surface area contributed by atoms with Gasteiger partial charge in [0.15, 0.2) is 5.78 Å². The molecule has 1 saturated heterocycles. The van der Waals surface area contributed by atoms with Gasteiger partial charge in [0, 0.05) is 42.9 Å². The van der Waals surface area contributed by atoms with E-state index in [2.05, 4.69) is 28.7 Å². The van der Waals surface area contributed by atoms with Crippen LogP contribution in [0.25, 0.3) is 0 Å². The van der Waals surface area contributed by atoms with Crippen molar-refractivity contribution in [2.75, 3.05) is 39.8 Å². The van der Waals surface area contributed by atoms with Crippen molar-refractivity contribution in [3.8, 4) is 11.8 Å². The highest BCUT2D eigenvalue weighted by Gasteiger charge is 2.17. The number of hydrogen-bond acceptors (Lipinski definition) is 3. The van der Waals surface area contributed by atoms with Crippen molar-refractivity contribution in [3.05, 3.63) is 71.3 Å². The summed E-state index contributed by atoms with van der Waals surface area (Å²) in [6, 6.07) is 17.5. The first-order valence-electron chi connectivity index (χ1n) is 8.32. The van der Waals surface area contributed by atoms with E-state index in [9.17, 15) is 4.79 Å². The third-order valence-electron chi connectivity index (χ3n) is 4.29. The van der Waals surface area contributed by atoms with Crippen LogP contribution < -0.4 is 0 Å². The minimum atomic E-state index is 0.183. The number of ketones is 1. The molecule has 3 heteroatoms. The molecule has 0 aromatic heterocycles. The Bertz CT molecular complexity index is 733. The highest BCUT2D eigenvalue weighted by Crippen LogP contribution is 2.07. The molecule has 3 nitrogen and oxygen atoms in total. The lowest BCUT2D eigenvalue weighted by atomic mass is 10.1. The fraction of sp³-hybridized carbons (Fsp3) is 0.286. The average Bonchev–Trinajstić information content (AvgIpc) is 2.63. The van der Waals surface area contributed by atoms with Gasteiger partial charge in [0.2, 0.25) is 0 Å². The maximum Gasteiger partial charge on any atom is 0.176 e. The molecule has 2 aromatic rings. The Morgan fingerprint density at radius 1 is 0.875 bits per heavy atom. The zero-order chi connectivity index (χ0) is 16.8. The van der Waals surface area contributed by atoms with Gasteiger partial charge >= 0.3 is 0 Å². The molecule has 0 spiro atoms. The summed E-state index contributed by atoms with van der Waals surface area (Å²) in [6.07, 6.45) is 0. The quantitative estimate of drug-likeness (QED) is 0.642. The lowest BCUT2D eigenvalue weighted by molar-refractivity contribution is 0.0876. The smallest absolute Gasteiger partial charge is 0.176 e. The number of piperazine rings is 1. The van der Waals surface area contributed by atoms with Gasteiger partial charge in [-0.05, 0) is 31.3 Å². The molecule has 0 atom stereocenters. The number of Topliss-reactive ketones (excluding diaryl/α,β-unsaturated/α-hetero) is 1. The molecule has 0 saturated carbocycles. The van der Waals surface area contributed by atoms with Crippen molar-refractivity contribution in [2.24, 2.45) is 0 Å². The van der Waals surface area contributed by atoms with Gasteiger partial charge in [-0.1, -0.05) is 42.2 Å². The Morgan fingerprint density at radius 2 is 1.46 bits per heavy atom. The van der Waals surface area contributed by atoms with E-state index in [1.165, 1.54) is 0 Å². The summed E-state index contributed by atoms with van der Waals surface area (Å²) >= 11 is 0. The molecular weight excluding hydrogens is 296 g/mol. The van der Waals surface area contributed by atoms with Crippen LogP contribution in [0.2, 0.25) is 0 Å².